The summed E-state index contributed by atoms with van der Waals surface area (Å²) in [6.07, 6.45) is 6.67. The smallest absolute Gasteiger partial charge is 0.240 e. The van der Waals surface area contributed by atoms with Crippen LogP contribution in [0.2, 0.25) is 0 Å². The Hall–Kier alpha value is -1.97. The van der Waals surface area contributed by atoms with E-state index in [1.54, 1.807) is 6.08 Å². The van der Waals surface area contributed by atoms with Crippen LogP contribution in [0, 0.1) is 11.8 Å². The Kier molecular flexibility index (Phi) is 4.45. The fourth-order valence-electron chi connectivity index (χ4n) is 4.28. The van der Waals surface area contributed by atoms with E-state index >= 15 is 0 Å². The minimum absolute atomic E-state index is 0.159. The first-order chi connectivity index (χ1) is 12.5. The fraction of sp³-hybridized carbons (Fsp3) is 0.526. The third-order valence-electron chi connectivity index (χ3n) is 5.69. The van der Waals surface area contributed by atoms with Gasteiger partial charge < -0.3 is 0 Å². The summed E-state index contributed by atoms with van der Waals surface area (Å²) in [7, 11) is -3.43. The number of aliphatic imine (C=N–C) groups is 1. The Balaban J connectivity index is 1.50. The maximum atomic E-state index is 11.2. The number of sulfonamides is 1. The van der Waals surface area contributed by atoms with E-state index in [2.05, 4.69) is 22.9 Å². The lowest BCUT2D eigenvalue weighted by atomic mass is 9.95. The molecule has 1 atom stereocenters. The zero-order chi connectivity index (χ0) is 18.3. The molecule has 6 nitrogen and oxygen atoms in total. The predicted octanol–water partition coefficient (Wildman–Crippen LogP) is 1.15. The maximum Gasteiger partial charge on any atom is 0.240 e. The van der Waals surface area contributed by atoms with Gasteiger partial charge >= 0.3 is 0 Å². The number of nitrogens with zero attached hydrogens (tertiary/aromatic N) is 2. The molecule has 1 aromatic rings. The molecule has 0 saturated carbocycles. The molecular formula is C19H21N3O3S. The van der Waals surface area contributed by atoms with E-state index in [1.807, 2.05) is 4.90 Å². The maximum absolute atomic E-state index is 11.2. The summed E-state index contributed by atoms with van der Waals surface area (Å²) in [5.74, 6) is 6.69. The number of rotatable bonds is 3. The summed E-state index contributed by atoms with van der Waals surface area (Å²) in [6.45, 7) is 1.48. The van der Waals surface area contributed by atoms with E-state index < -0.39 is 15.3 Å². The number of fused-ring (bicyclic) bond motifs is 2. The SMILES string of the molecule is NS(=O)(=O)C1CN(CC#CC2CCc3c2cc2c(c3N=C=O)CCC2)C1. The van der Waals surface area contributed by atoms with Gasteiger partial charge in [-0.3, -0.25) is 4.90 Å². The van der Waals surface area contributed by atoms with Crippen molar-refractivity contribution >= 4 is 21.8 Å². The average Bonchev–Trinajstić information content (AvgIpc) is 3.15. The molecule has 0 bridgehead atoms. The lowest BCUT2D eigenvalue weighted by Crippen LogP contribution is -2.56. The normalized spacial score (nSPS) is 22.0. The Labute approximate surface area is 153 Å². The largest absolute Gasteiger partial charge is 0.290 e. The van der Waals surface area contributed by atoms with Crippen LogP contribution in [0.1, 0.15) is 41.0 Å². The van der Waals surface area contributed by atoms with Gasteiger partial charge in [0.25, 0.3) is 0 Å². The highest BCUT2D eigenvalue weighted by Crippen LogP contribution is 2.44. The van der Waals surface area contributed by atoms with E-state index in [0.29, 0.717) is 19.6 Å². The molecule has 136 valence electrons. The third-order valence-corrected chi connectivity index (χ3v) is 6.92. The topological polar surface area (TPSA) is 92.8 Å². The number of likely N-dealkylation sites (tertiary alicyclic amines) is 1. The number of hydrogen-bond donors (Lipinski definition) is 1. The van der Waals surface area contributed by atoms with Crippen LogP contribution >= 0.6 is 0 Å². The molecule has 1 aliphatic heterocycles. The molecule has 1 fully saturated rings. The van der Waals surface area contributed by atoms with Crippen LogP contribution in [0.3, 0.4) is 0 Å². The second-order valence-electron chi connectivity index (χ2n) is 7.30. The lowest BCUT2D eigenvalue weighted by molar-refractivity contribution is 0.210. The van der Waals surface area contributed by atoms with Crippen molar-refractivity contribution in [3.63, 3.8) is 0 Å². The van der Waals surface area contributed by atoms with Crippen LogP contribution < -0.4 is 5.14 Å². The van der Waals surface area contributed by atoms with Crippen molar-refractivity contribution in [3.8, 4) is 11.8 Å². The summed E-state index contributed by atoms with van der Waals surface area (Å²) in [5, 5.41) is 4.69. The Morgan fingerprint density at radius 3 is 2.77 bits per heavy atom. The van der Waals surface area contributed by atoms with E-state index in [1.165, 1.54) is 16.7 Å². The van der Waals surface area contributed by atoms with Gasteiger partial charge in [-0.1, -0.05) is 17.9 Å². The standard InChI is InChI=1S/C19H21N3O3S/c20-26(24,25)15-10-22(11-15)8-2-4-13-6-7-17-18(13)9-14-3-1-5-16(14)19(17)21-12-23/h9,13,15H,1,3,5-8,10-11H2,(H2,20,24,25). The quantitative estimate of drug-likeness (QED) is 0.490. The van der Waals surface area contributed by atoms with Gasteiger partial charge in [-0.15, -0.1) is 0 Å². The van der Waals surface area contributed by atoms with Crippen molar-refractivity contribution in [1.82, 2.24) is 4.90 Å². The second-order valence-corrected chi connectivity index (χ2v) is 9.15. The highest BCUT2D eigenvalue weighted by atomic mass is 32.2. The van der Waals surface area contributed by atoms with Gasteiger partial charge in [-0.2, -0.15) is 4.99 Å². The van der Waals surface area contributed by atoms with Gasteiger partial charge in [-0.25, -0.2) is 18.4 Å². The van der Waals surface area contributed by atoms with Crippen molar-refractivity contribution in [3.05, 3.63) is 28.3 Å². The van der Waals surface area contributed by atoms with Gasteiger partial charge in [0.2, 0.25) is 16.1 Å². The van der Waals surface area contributed by atoms with Crippen LogP contribution in [0.5, 0.6) is 0 Å². The van der Waals surface area contributed by atoms with Gasteiger partial charge in [-0.05, 0) is 54.4 Å². The number of isocyanates is 1. The molecule has 3 aliphatic rings. The number of benzene rings is 1. The molecule has 2 aliphatic carbocycles. The number of carbonyl (C=O) groups excluding carboxylic acids is 1. The molecular weight excluding hydrogens is 350 g/mol. The lowest BCUT2D eigenvalue weighted by Gasteiger charge is -2.36. The molecule has 4 rings (SSSR count). The monoisotopic (exact) mass is 371 g/mol. The molecule has 1 aromatic carbocycles. The third kappa shape index (κ3) is 3.10. The zero-order valence-electron chi connectivity index (χ0n) is 14.5. The van der Waals surface area contributed by atoms with Crippen LogP contribution in [-0.2, 0) is 34.1 Å². The van der Waals surface area contributed by atoms with E-state index in [-0.39, 0.29) is 5.92 Å². The second kappa shape index (κ2) is 6.64. The number of aryl methyl sites for hydroxylation is 1. The van der Waals surface area contributed by atoms with E-state index in [4.69, 9.17) is 5.14 Å². The molecule has 0 radical (unpaired) electrons. The number of hydrogen-bond acceptors (Lipinski definition) is 5. The summed E-state index contributed by atoms with van der Waals surface area (Å²) >= 11 is 0. The summed E-state index contributed by atoms with van der Waals surface area (Å²) < 4.78 is 22.5. The minimum atomic E-state index is -3.43. The van der Waals surface area contributed by atoms with Gasteiger partial charge in [0, 0.05) is 19.0 Å². The summed E-state index contributed by atoms with van der Waals surface area (Å²) in [5.41, 5.74) is 5.72. The molecule has 0 spiro atoms. The van der Waals surface area contributed by atoms with Crippen LogP contribution in [0.4, 0.5) is 5.69 Å². The predicted molar refractivity (Wildman–Crippen MR) is 98.4 cm³/mol. The molecule has 1 heterocycles. The van der Waals surface area contributed by atoms with Crippen LogP contribution in [-0.4, -0.2) is 44.3 Å². The molecule has 2 N–H and O–H groups in total. The summed E-state index contributed by atoms with van der Waals surface area (Å²) in [6, 6.07) is 2.26. The first-order valence-corrected chi connectivity index (χ1v) is 10.6. The number of primary sulfonamides is 1. The first-order valence-electron chi connectivity index (χ1n) is 8.95. The Bertz CT molecular complexity index is 962. The van der Waals surface area contributed by atoms with E-state index in [9.17, 15) is 13.2 Å². The van der Waals surface area contributed by atoms with Crippen molar-refractivity contribution < 1.29 is 13.2 Å². The van der Waals surface area contributed by atoms with Gasteiger partial charge in [0.1, 0.15) is 5.25 Å². The van der Waals surface area contributed by atoms with Crippen molar-refractivity contribution in [2.45, 2.75) is 43.3 Å². The minimum Gasteiger partial charge on any atom is -0.290 e. The average molecular weight is 371 g/mol. The highest BCUT2D eigenvalue weighted by Gasteiger charge is 2.34. The fourth-order valence-corrected chi connectivity index (χ4v) is 5.12. The molecule has 0 amide bonds. The molecule has 0 aromatic heterocycles. The zero-order valence-corrected chi connectivity index (χ0v) is 15.3. The molecule has 1 saturated heterocycles. The highest BCUT2D eigenvalue weighted by molar-refractivity contribution is 7.89. The Morgan fingerprint density at radius 2 is 2.04 bits per heavy atom. The van der Waals surface area contributed by atoms with Gasteiger partial charge in [0.15, 0.2) is 0 Å². The molecule has 7 heteroatoms. The molecule has 1 unspecified atom stereocenters. The van der Waals surface area contributed by atoms with Crippen molar-refractivity contribution in [2.24, 2.45) is 10.1 Å². The number of nitrogens with two attached hydrogens (primary N) is 1. The Morgan fingerprint density at radius 1 is 1.23 bits per heavy atom. The van der Waals surface area contributed by atoms with Gasteiger partial charge in [0.05, 0.1) is 12.2 Å². The first kappa shape index (κ1) is 17.4. The van der Waals surface area contributed by atoms with Crippen molar-refractivity contribution in [1.29, 1.82) is 0 Å². The van der Waals surface area contributed by atoms with E-state index in [0.717, 1.165) is 43.4 Å². The van der Waals surface area contributed by atoms with Crippen LogP contribution in [0.15, 0.2) is 11.1 Å². The van der Waals surface area contributed by atoms with Crippen molar-refractivity contribution in [2.75, 3.05) is 19.6 Å². The van der Waals surface area contributed by atoms with Crippen LogP contribution in [0.25, 0.3) is 0 Å². The summed E-state index contributed by atoms with van der Waals surface area (Å²) in [4.78, 5) is 16.9. The molecule has 26 heavy (non-hydrogen) atoms.